The van der Waals surface area contributed by atoms with E-state index in [4.69, 9.17) is 25.8 Å². The first kappa shape index (κ1) is 20.1. The summed E-state index contributed by atoms with van der Waals surface area (Å²) in [4.78, 5) is 25.9. The molecule has 1 aromatic carbocycles. The largest absolute Gasteiger partial charge is 0.493 e. The van der Waals surface area contributed by atoms with Gasteiger partial charge in [0.1, 0.15) is 0 Å². The second-order valence-corrected chi connectivity index (χ2v) is 6.32. The van der Waals surface area contributed by atoms with E-state index in [-0.39, 0.29) is 5.91 Å². The number of benzene rings is 1. The first-order chi connectivity index (χ1) is 12.5. The Morgan fingerprint density at radius 2 is 2.00 bits per heavy atom. The van der Waals surface area contributed by atoms with Gasteiger partial charge in [-0.05, 0) is 50.5 Å². The minimum Gasteiger partial charge on any atom is -0.493 e. The van der Waals surface area contributed by atoms with Gasteiger partial charge < -0.3 is 19.1 Å². The summed E-state index contributed by atoms with van der Waals surface area (Å²) in [7, 11) is 1.52. The Balaban J connectivity index is 2.00. The first-order valence-corrected chi connectivity index (χ1v) is 9.01. The van der Waals surface area contributed by atoms with E-state index in [9.17, 15) is 9.59 Å². The molecule has 26 heavy (non-hydrogen) atoms. The number of carbonyl (C=O) groups excluding carboxylic acids is 2. The van der Waals surface area contributed by atoms with Crippen LogP contribution in [0.2, 0.25) is 5.02 Å². The molecular formula is C19H24ClNO5. The van der Waals surface area contributed by atoms with Crippen LogP contribution in [0.15, 0.2) is 18.2 Å². The molecule has 2 rings (SSSR count). The molecule has 1 heterocycles. The van der Waals surface area contributed by atoms with Gasteiger partial charge in [0.2, 0.25) is 0 Å². The maximum atomic E-state index is 12.2. The van der Waals surface area contributed by atoms with E-state index in [0.717, 1.165) is 25.9 Å². The molecule has 0 radical (unpaired) electrons. The summed E-state index contributed by atoms with van der Waals surface area (Å²) in [5, 5.41) is 0.386. The van der Waals surface area contributed by atoms with E-state index in [1.807, 2.05) is 6.92 Å². The van der Waals surface area contributed by atoms with E-state index in [1.165, 1.54) is 13.2 Å². The number of amides is 1. The Labute approximate surface area is 158 Å². The number of carbonyl (C=O) groups is 2. The van der Waals surface area contributed by atoms with Crippen molar-refractivity contribution < 1.29 is 23.8 Å². The van der Waals surface area contributed by atoms with Gasteiger partial charge in [-0.1, -0.05) is 11.6 Å². The lowest BCUT2D eigenvalue weighted by Gasteiger charge is -2.19. The zero-order valence-corrected chi connectivity index (χ0v) is 16.0. The summed E-state index contributed by atoms with van der Waals surface area (Å²) in [5.41, 5.74) is 0.658. The maximum Gasteiger partial charge on any atom is 0.331 e. The highest BCUT2D eigenvalue weighted by molar-refractivity contribution is 6.32. The van der Waals surface area contributed by atoms with Crippen molar-refractivity contribution in [2.45, 2.75) is 32.8 Å². The van der Waals surface area contributed by atoms with Crippen LogP contribution in [-0.4, -0.2) is 49.7 Å². The van der Waals surface area contributed by atoms with Gasteiger partial charge in [-0.15, -0.1) is 0 Å². The molecule has 1 aliphatic rings. The predicted molar refractivity (Wildman–Crippen MR) is 99.6 cm³/mol. The number of hydrogen-bond donors (Lipinski definition) is 0. The summed E-state index contributed by atoms with van der Waals surface area (Å²) in [6.45, 7) is 5.34. The molecule has 0 saturated carbocycles. The summed E-state index contributed by atoms with van der Waals surface area (Å²) >= 11 is 6.20. The maximum absolute atomic E-state index is 12.2. The van der Waals surface area contributed by atoms with Gasteiger partial charge in [0.25, 0.3) is 5.91 Å². The van der Waals surface area contributed by atoms with E-state index in [1.54, 1.807) is 30.0 Å². The fraction of sp³-hybridized carbons (Fsp3) is 0.474. The fourth-order valence-corrected chi connectivity index (χ4v) is 3.02. The van der Waals surface area contributed by atoms with Crippen molar-refractivity contribution in [3.63, 3.8) is 0 Å². The number of halogens is 1. The van der Waals surface area contributed by atoms with Crippen molar-refractivity contribution >= 4 is 29.6 Å². The third-order valence-corrected chi connectivity index (χ3v) is 4.29. The van der Waals surface area contributed by atoms with Crippen LogP contribution >= 0.6 is 11.6 Å². The zero-order valence-electron chi connectivity index (χ0n) is 15.3. The van der Waals surface area contributed by atoms with E-state index in [2.05, 4.69) is 0 Å². The number of esters is 1. The molecule has 0 unspecified atom stereocenters. The van der Waals surface area contributed by atoms with Crippen molar-refractivity contribution in [3.05, 3.63) is 28.8 Å². The molecule has 0 aromatic heterocycles. The molecule has 1 aliphatic heterocycles. The highest BCUT2D eigenvalue weighted by Gasteiger charge is 2.25. The van der Waals surface area contributed by atoms with Gasteiger partial charge in [-0.2, -0.15) is 0 Å². The number of nitrogens with zero attached hydrogens (tertiary/aromatic N) is 1. The van der Waals surface area contributed by atoms with Crippen LogP contribution in [0.1, 0.15) is 32.3 Å². The standard InChI is InChI=1S/C19H24ClNO5/c1-4-25-18-15(20)11-14(12-16(18)24-3)7-8-17(22)26-13(2)19(23)21-9-5-6-10-21/h7-8,11-13H,4-6,9-10H2,1-3H3/b8-7+/t13-/m1/s1. The molecule has 6 nitrogen and oxygen atoms in total. The van der Waals surface area contributed by atoms with Gasteiger partial charge in [0.15, 0.2) is 17.6 Å². The van der Waals surface area contributed by atoms with Crippen molar-refractivity contribution in [2.75, 3.05) is 26.8 Å². The van der Waals surface area contributed by atoms with Crippen molar-refractivity contribution in [1.82, 2.24) is 4.90 Å². The molecule has 1 atom stereocenters. The molecule has 1 amide bonds. The second-order valence-electron chi connectivity index (χ2n) is 5.91. The minimum absolute atomic E-state index is 0.157. The van der Waals surface area contributed by atoms with Crippen LogP contribution in [0.3, 0.4) is 0 Å². The number of methoxy groups -OCH3 is 1. The van der Waals surface area contributed by atoms with Crippen LogP contribution in [0.4, 0.5) is 0 Å². The van der Waals surface area contributed by atoms with Gasteiger partial charge in [0.05, 0.1) is 18.7 Å². The Morgan fingerprint density at radius 1 is 1.31 bits per heavy atom. The minimum atomic E-state index is -0.802. The molecular weight excluding hydrogens is 358 g/mol. The Morgan fingerprint density at radius 3 is 2.62 bits per heavy atom. The van der Waals surface area contributed by atoms with Crippen LogP contribution in [0.25, 0.3) is 6.08 Å². The number of rotatable bonds is 7. The van der Waals surface area contributed by atoms with Crippen LogP contribution < -0.4 is 9.47 Å². The molecule has 0 spiro atoms. The smallest absolute Gasteiger partial charge is 0.331 e. The van der Waals surface area contributed by atoms with Crippen molar-refractivity contribution in [1.29, 1.82) is 0 Å². The van der Waals surface area contributed by atoms with Gasteiger partial charge in [-0.25, -0.2) is 4.79 Å². The normalized spacial score (nSPS) is 15.2. The van der Waals surface area contributed by atoms with Gasteiger partial charge in [0, 0.05) is 19.2 Å². The number of ether oxygens (including phenoxy) is 3. The van der Waals surface area contributed by atoms with E-state index in [0.29, 0.717) is 28.7 Å². The molecule has 142 valence electrons. The topological polar surface area (TPSA) is 65.1 Å². The van der Waals surface area contributed by atoms with Gasteiger partial charge in [-0.3, -0.25) is 4.79 Å². The molecule has 0 bridgehead atoms. The number of hydrogen-bond acceptors (Lipinski definition) is 5. The zero-order chi connectivity index (χ0) is 19.1. The lowest BCUT2D eigenvalue weighted by atomic mass is 10.2. The van der Waals surface area contributed by atoms with Crippen molar-refractivity contribution in [3.8, 4) is 11.5 Å². The van der Waals surface area contributed by atoms with Gasteiger partial charge >= 0.3 is 5.97 Å². The summed E-state index contributed by atoms with van der Waals surface area (Å²) in [6, 6.07) is 3.37. The molecule has 1 fully saturated rings. The van der Waals surface area contributed by atoms with Crippen molar-refractivity contribution in [2.24, 2.45) is 0 Å². The molecule has 0 N–H and O–H groups in total. The molecule has 1 saturated heterocycles. The van der Waals surface area contributed by atoms with Crippen LogP contribution in [0.5, 0.6) is 11.5 Å². The average Bonchev–Trinajstić information content (AvgIpc) is 3.15. The highest BCUT2D eigenvalue weighted by atomic mass is 35.5. The molecule has 1 aromatic rings. The summed E-state index contributed by atoms with van der Waals surface area (Å²) < 4.78 is 15.9. The summed E-state index contributed by atoms with van der Waals surface area (Å²) in [5.74, 6) is 0.190. The number of likely N-dealkylation sites (tertiary alicyclic amines) is 1. The van der Waals surface area contributed by atoms with Crippen LogP contribution in [-0.2, 0) is 14.3 Å². The third kappa shape index (κ3) is 5.14. The Hall–Kier alpha value is -2.21. The van der Waals surface area contributed by atoms with Crippen LogP contribution in [0, 0.1) is 0 Å². The predicted octanol–water partition coefficient (Wildman–Crippen LogP) is 3.31. The Kier molecular flexibility index (Phi) is 7.33. The molecule has 7 heteroatoms. The summed E-state index contributed by atoms with van der Waals surface area (Å²) in [6.07, 6.45) is 4.00. The average molecular weight is 382 g/mol. The first-order valence-electron chi connectivity index (χ1n) is 8.64. The fourth-order valence-electron chi connectivity index (χ4n) is 2.74. The second kappa shape index (κ2) is 9.48. The lowest BCUT2D eigenvalue weighted by Crippen LogP contribution is -2.37. The lowest BCUT2D eigenvalue weighted by molar-refractivity contribution is -0.154. The quantitative estimate of drug-likeness (QED) is 0.535. The monoisotopic (exact) mass is 381 g/mol. The highest BCUT2D eigenvalue weighted by Crippen LogP contribution is 2.36. The molecule has 0 aliphatic carbocycles. The third-order valence-electron chi connectivity index (χ3n) is 4.01. The van der Waals surface area contributed by atoms with E-state index < -0.39 is 12.1 Å². The Bertz CT molecular complexity index is 683. The SMILES string of the molecule is CCOc1c(Cl)cc(/C=C/C(=O)O[C@H](C)C(=O)N2CCCC2)cc1OC. The van der Waals surface area contributed by atoms with E-state index >= 15 is 0 Å².